The lowest BCUT2D eigenvalue weighted by atomic mass is 10.1. The van der Waals surface area contributed by atoms with Gasteiger partial charge < -0.3 is 10.6 Å². The molecule has 1 aromatic rings. The SMILES string of the molecule is CC(C)NC(=O)C(C)NCc1cccc(C#N)c1F. The molecule has 0 spiro atoms. The van der Waals surface area contributed by atoms with Crippen LogP contribution in [0.25, 0.3) is 0 Å². The third-order valence-electron chi connectivity index (χ3n) is 2.62. The summed E-state index contributed by atoms with van der Waals surface area (Å²) in [6.45, 7) is 5.67. The van der Waals surface area contributed by atoms with Crippen molar-refractivity contribution >= 4 is 5.91 Å². The maximum absolute atomic E-state index is 13.8. The van der Waals surface area contributed by atoms with Crippen LogP contribution in [0.3, 0.4) is 0 Å². The van der Waals surface area contributed by atoms with Gasteiger partial charge in [0.15, 0.2) is 0 Å². The highest BCUT2D eigenvalue weighted by Gasteiger charge is 2.14. The molecule has 0 fully saturated rings. The number of hydrogen-bond acceptors (Lipinski definition) is 3. The van der Waals surface area contributed by atoms with Crippen LogP contribution >= 0.6 is 0 Å². The van der Waals surface area contributed by atoms with Gasteiger partial charge in [0.1, 0.15) is 11.9 Å². The zero-order valence-corrected chi connectivity index (χ0v) is 11.3. The van der Waals surface area contributed by atoms with Crippen molar-refractivity contribution in [1.29, 1.82) is 5.26 Å². The lowest BCUT2D eigenvalue weighted by Gasteiger charge is -2.16. The van der Waals surface area contributed by atoms with Crippen LogP contribution in [0.5, 0.6) is 0 Å². The Labute approximate surface area is 112 Å². The Hall–Kier alpha value is -1.93. The topological polar surface area (TPSA) is 64.9 Å². The Morgan fingerprint density at radius 3 is 2.68 bits per heavy atom. The number of carbonyl (C=O) groups excluding carboxylic acids is 1. The summed E-state index contributed by atoms with van der Waals surface area (Å²) in [6.07, 6.45) is 0. The first-order chi connectivity index (χ1) is 8.95. The fourth-order valence-electron chi connectivity index (χ4n) is 1.57. The number of nitriles is 1. The van der Waals surface area contributed by atoms with Gasteiger partial charge in [-0.2, -0.15) is 5.26 Å². The largest absolute Gasteiger partial charge is 0.353 e. The molecule has 0 bridgehead atoms. The van der Waals surface area contributed by atoms with Crippen LogP contribution in [0, 0.1) is 17.1 Å². The average molecular weight is 263 g/mol. The van der Waals surface area contributed by atoms with Crippen molar-refractivity contribution in [3.05, 3.63) is 35.1 Å². The normalized spacial score (nSPS) is 12.0. The highest BCUT2D eigenvalue weighted by atomic mass is 19.1. The summed E-state index contributed by atoms with van der Waals surface area (Å²) in [5.74, 6) is -0.666. The van der Waals surface area contributed by atoms with E-state index in [1.54, 1.807) is 25.1 Å². The van der Waals surface area contributed by atoms with Crippen LogP contribution < -0.4 is 10.6 Å². The van der Waals surface area contributed by atoms with Gasteiger partial charge in [0.2, 0.25) is 5.91 Å². The summed E-state index contributed by atoms with van der Waals surface area (Å²) in [4.78, 5) is 11.7. The second-order valence-corrected chi connectivity index (χ2v) is 4.66. The van der Waals surface area contributed by atoms with E-state index in [1.165, 1.54) is 6.07 Å². The summed E-state index contributed by atoms with van der Waals surface area (Å²) < 4.78 is 13.8. The molecule has 1 rings (SSSR count). The van der Waals surface area contributed by atoms with Crippen molar-refractivity contribution in [2.45, 2.75) is 39.4 Å². The predicted octanol–water partition coefficient (Wildman–Crippen LogP) is 1.70. The number of rotatable bonds is 5. The molecule has 0 aliphatic heterocycles. The monoisotopic (exact) mass is 263 g/mol. The first kappa shape index (κ1) is 15.1. The van der Waals surface area contributed by atoms with Crippen LogP contribution in [-0.2, 0) is 11.3 Å². The first-order valence-electron chi connectivity index (χ1n) is 6.17. The van der Waals surface area contributed by atoms with Crippen molar-refractivity contribution in [2.75, 3.05) is 0 Å². The second-order valence-electron chi connectivity index (χ2n) is 4.66. The third kappa shape index (κ3) is 4.34. The fourth-order valence-corrected chi connectivity index (χ4v) is 1.57. The molecule has 0 aliphatic rings. The molecule has 0 radical (unpaired) electrons. The Morgan fingerprint density at radius 2 is 2.11 bits per heavy atom. The van der Waals surface area contributed by atoms with Crippen molar-refractivity contribution in [3.63, 3.8) is 0 Å². The Morgan fingerprint density at radius 1 is 1.42 bits per heavy atom. The molecule has 2 N–H and O–H groups in total. The van der Waals surface area contributed by atoms with Crippen molar-refractivity contribution < 1.29 is 9.18 Å². The first-order valence-corrected chi connectivity index (χ1v) is 6.17. The van der Waals surface area contributed by atoms with Gasteiger partial charge in [-0.25, -0.2) is 4.39 Å². The predicted molar refractivity (Wildman–Crippen MR) is 70.7 cm³/mol. The van der Waals surface area contributed by atoms with Crippen LogP contribution in [-0.4, -0.2) is 18.0 Å². The van der Waals surface area contributed by atoms with Crippen LogP contribution in [0.15, 0.2) is 18.2 Å². The molecule has 0 aliphatic carbocycles. The van der Waals surface area contributed by atoms with E-state index in [0.29, 0.717) is 5.56 Å². The molecule has 1 aromatic carbocycles. The van der Waals surface area contributed by atoms with Crippen molar-refractivity contribution in [2.24, 2.45) is 0 Å². The number of amides is 1. The number of benzene rings is 1. The lowest BCUT2D eigenvalue weighted by molar-refractivity contribution is -0.123. The zero-order chi connectivity index (χ0) is 14.4. The molecule has 0 saturated heterocycles. The third-order valence-corrected chi connectivity index (χ3v) is 2.62. The molecule has 4 nitrogen and oxygen atoms in total. The van der Waals surface area contributed by atoms with E-state index in [9.17, 15) is 9.18 Å². The molecule has 102 valence electrons. The standard InChI is InChI=1S/C14H18FN3O/c1-9(2)18-14(19)10(3)17-8-12-6-4-5-11(7-16)13(12)15/h4-6,9-10,17H,8H2,1-3H3,(H,18,19). The number of nitrogens with one attached hydrogen (secondary N) is 2. The van der Waals surface area contributed by atoms with Gasteiger partial charge in [0, 0.05) is 18.2 Å². The molecule has 19 heavy (non-hydrogen) atoms. The lowest BCUT2D eigenvalue weighted by Crippen LogP contribution is -2.44. The number of hydrogen-bond donors (Lipinski definition) is 2. The van der Waals surface area contributed by atoms with E-state index in [1.807, 2.05) is 13.8 Å². The van der Waals surface area contributed by atoms with Gasteiger partial charge in [0.05, 0.1) is 11.6 Å². The van der Waals surface area contributed by atoms with E-state index < -0.39 is 11.9 Å². The highest BCUT2D eigenvalue weighted by Crippen LogP contribution is 2.11. The highest BCUT2D eigenvalue weighted by molar-refractivity contribution is 5.81. The number of nitrogens with zero attached hydrogens (tertiary/aromatic N) is 1. The molecule has 1 unspecified atom stereocenters. The van der Waals surface area contributed by atoms with Crippen LogP contribution in [0.4, 0.5) is 4.39 Å². The minimum atomic E-state index is -0.533. The summed E-state index contributed by atoms with van der Waals surface area (Å²) in [5.41, 5.74) is 0.391. The molecule has 1 amide bonds. The quantitative estimate of drug-likeness (QED) is 0.849. The Bertz CT molecular complexity index is 494. The summed E-state index contributed by atoms with van der Waals surface area (Å²) in [7, 11) is 0. The second kappa shape index (κ2) is 6.86. The van der Waals surface area contributed by atoms with Gasteiger partial charge in [-0.15, -0.1) is 0 Å². The van der Waals surface area contributed by atoms with Gasteiger partial charge >= 0.3 is 0 Å². The minimum Gasteiger partial charge on any atom is -0.353 e. The Balaban J connectivity index is 2.63. The van der Waals surface area contributed by atoms with Crippen molar-refractivity contribution in [1.82, 2.24) is 10.6 Å². The van der Waals surface area contributed by atoms with Gasteiger partial charge in [-0.05, 0) is 26.8 Å². The number of halogens is 1. The van der Waals surface area contributed by atoms with Crippen molar-refractivity contribution in [3.8, 4) is 6.07 Å². The fraction of sp³-hybridized carbons (Fsp3) is 0.429. The molecular weight excluding hydrogens is 245 g/mol. The summed E-state index contributed by atoms with van der Waals surface area (Å²) >= 11 is 0. The molecule has 0 heterocycles. The van der Waals surface area contributed by atoms with E-state index in [2.05, 4.69) is 10.6 Å². The van der Waals surface area contributed by atoms with E-state index in [4.69, 9.17) is 5.26 Å². The molecule has 5 heteroatoms. The maximum Gasteiger partial charge on any atom is 0.237 e. The zero-order valence-electron chi connectivity index (χ0n) is 11.3. The van der Waals surface area contributed by atoms with Crippen LogP contribution in [0.1, 0.15) is 31.9 Å². The van der Waals surface area contributed by atoms with Gasteiger partial charge in [-0.1, -0.05) is 12.1 Å². The summed E-state index contributed by atoms with van der Waals surface area (Å²) in [6, 6.07) is 6.07. The number of carbonyl (C=O) groups is 1. The minimum absolute atomic E-state index is 0.0126. The van der Waals surface area contributed by atoms with E-state index >= 15 is 0 Å². The smallest absolute Gasteiger partial charge is 0.237 e. The van der Waals surface area contributed by atoms with Crippen LogP contribution in [0.2, 0.25) is 0 Å². The Kier molecular flexibility index (Phi) is 5.46. The molecule has 0 aromatic heterocycles. The van der Waals surface area contributed by atoms with Gasteiger partial charge in [-0.3, -0.25) is 4.79 Å². The molecular formula is C14H18FN3O. The van der Waals surface area contributed by atoms with E-state index in [0.717, 1.165) is 0 Å². The average Bonchev–Trinajstić information content (AvgIpc) is 2.36. The summed E-state index contributed by atoms with van der Waals surface area (Å²) in [5, 5.41) is 14.4. The molecule has 1 atom stereocenters. The molecule has 0 saturated carbocycles. The van der Waals surface area contributed by atoms with Gasteiger partial charge in [0.25, 0.3) is 0 Å². The van der Waals surface area contributed by atoms with E-state index in [-0.39, 0.29) is 24.1 Å². The maximum atomic E-state index is 13.8.